The molecule has 0 aromatic heterocycles. The van der Waals surface area contributed by atoms with Crippen LogP contribution in [0.1, 0.15) is 36.7 Å². The summed E-state index contributed by atoms with van der Waals surface area (Å²) in [5.74, 6) is -0.996. The van der Waals surface area contributed by atoms with Crippen molar-refractivity contribution in [1.82, 2.24) is 10.2 Å². The Balaban J connectivity index is 1.90. The SMILES string of the molecule is CCOc1ccc(CN(C)C(=O)COC(=O)C(NC(=O)c2ccccc2Cl)C(C)C)cc1. The average Bonchev–Trinajstić information content (AvgIpc) is 2.77. The fourth-order valence-corrected chi connectivity index (χ4v) is 3.14. The zero-order valence-electron chi connectivity index (χ0n) is 18.8. The van der Waals surface area contributed by atoms with Gasteiger partial charge < -0.3 is 19.7 Å². The van der Waals surface area contributed by atoms with Gasteiger partial charge in [0.15, 0.2) is 6.61 Å². The Kier molecular flexibility index (Phi) is 9.53. The first-order valence-corrected chi connectivity index (χ1v) is 10.8. The van der Waals surface area contributed by atoms with E-state index >= 15 is 0 Å². The second kappa shape index (κ2) is 12.1. The summed E-state index contributed by atoms with van der Waals surface area (Å²) in [6, 6.07) is 13.1. The molecule has 32 heavy (non-hydrogen) atoms. The van der Waals surface area contributed by atoms with E-state index in [1.54, 1.807) is 45.2 Å². The molecule has 0 bridgehead atoms. The molecule has 2 rings (SSSR count). The molecule has 0 saturated heterocycles. The molecule has 0 saturated carbocycles. The molecular formula is C24H29ClN2O5. The third-order valence-electron chi connectivity index (χ3n) is 4.74. The van der Waals surface area contributed by atoms with E-state index in [1.807, 2.05) is 31.2 Å². The molecule has 0 aliphatic carbocycles. The molecule has 0 heterocycles. The standard InChI is InChI=1S/C24H29ClN2O5/c1-5-31-18-12-10-17(11-13-18)14-27(4)21(28)15-32-24(30)22(16(2)3)26-23(29)19-8-6-7-9-20(19)25/h6-13,16,22H,5,14-15H2,1-4H3,(H,26,29). The summed E-state index contributed by atoms with van der Waals surface area (Å²) < 4.78 is 10.6. The number of likely N-dealkylation sites (N-methyl/N-ethyl adjacent to an activating group) is 1. The molecule has 7 nitrogen and oxygen atoms in total. The molecule has 8 heteroatoms. The van der Waals surface area contributed by atoms with E-state index in [1.165, 1.54) is 4.90 Å². The van der Waals surface area contributed by atoms with Crippen molar-refractivity contribution < 1.29 is 23.9 Å². The maximum Gasteiger partial charge on any atom is 0.329 e. The summed E-state index contributed by atoms with van der Waals surface area (Å²) in [6.07, 6.45) is 0. The van der Waals surface area contributed by atoms with Gasteiger partial charge in [-0.25, -0.2) is 4.79 Å². The normalized spacial score (nSPS) is 11.6. The summed E-state index contributed by atoms with van der Waals surface area (Å²) >= 11 is 6.06. The largest absolute Gasteiger partial charge is 0.494 e. The Bertz CT molecular complexity index is 930. The molecule has 2 aromatic rings. The topological polar surface area (TPSA) is 84.9 Å². The van der Waals surface area contributed by atoms with E-state index in [2.05, 4.69) is 5.32 Å². The van der Waals surface area contributed by atoms with Gasteiger partial charge in [-0.05, 0) is 42.7 Å². The van der Waals surface area contributed by atoms with Crippen LogP contribution in [0.3, 0.4) is 0 Å². The lowest BCUT2D eigenvalue weighted by atomic mass is 10.0. The third-order valence-corrected chi connectivity index (χ3v) is 5.07. The van der Waals surface area contributed by atoms with Crippen LogP contribution in [0.25, 0.3) is 0 Å². The van der Waals surface area contributed by atoms with Crippen LogP contribution in [-0.4, -0.2) is 49.0 Å². The maximum absolute atomic E-state index is 12.6. The Labute approximate surface area is 193 Å². The summed E-state index contributed by atoms with van der Waals surface area (Å²) in [7, 11) is 1.63. The van der Waals surface area contributed by atoms with Crippen molar-refractivity contribution >= 4 is 29.4 Å². The lowest BCUT2D eigenvalue weighted by Gasteiger charge is -2.22. The third kappa shape index (κ3) is 7.27. The highest BCUT2D eigenvalue weighted by Crippen LogP contribution is 2.16. The number of hydrogen-bond donors (Lipinski definition) is 1. The minimum absolute atomic E-state index is 0.245. The van der Waals surface area contributed by atoms with Gasteiger partial charge in [0.05, 0.1) is 17.2 Å². The first-order valence-electron chi connectivity index (χ1n) is 10.4. The summed E-state index contributed by atoms with van der Waals surface area (Å²) in [5.41, 5.74) is 1.18. The van der Waals surface area contributed by atoms with Crippen LogP contribution in [0.4, 0.5) is 0 Å². The van der Waals surface area contributed by atoms with E-state index in [0.29, 0.717) is 13.2 Å². The number of nitrogens with one attached hydrogen (secondary N) is 1. The van der Waals surface area contributed by atoms with Crippen molar-refractivity contribution in [2.75, 3.05) is 20.3 Å². The Morgan fingerprint density at radius 2 is 1.72 bits per heavy atom. The van der Waals surface area contributed by atoms with Crippen molar-refractivity contribution in [3.63, 3.8) is 0 Å². The molecular weight excluding hydrogens is 432 g/mol. The minimum atomic E-state index is -0.914. The quantitative estimate of drug-likeness (QED) is 0.546. The number of nitrogens with zero attached hydrogens (tertiary/aromatic N) is 1. The molecule has 0 spiro atoms. The van der Waals surface area contributed by atoms with Gasteiger partial charge in [0.2, 0.25) is 0 Å². The fraction of sp³-hybridized carbons (Fsp3) is 0.375. The van der Waals surface area contributed by atoms with Crippen molar-refractivity contribution in [2.45, 2.75) is 33.4 Å². The number of hydrogen-bond acceptors (Lipinski definition) is 5. The van der Waals surface area contributed by atoms with Crippen LogP contribution in [0.5, 0.6) is 5.75 Å². The van der Waals surface area contributed by atoms with Gasteiger partial charge in [0, 0.05) is 13.6 Å². The molecule has 1 atom stereocenters. The number of carbonyl (C=O) groups excluding carboxylic acids is 3. The fourth-order valence-electron chi connectivity index (χ4n) is 2.91. The number of amides is 2. The van der Waals surface area contributed by atoms with Gasteiger partial charge in [-0.2, -0.15) is 0 Å². The van der Waals surface area contributed by atoms with E-state index < -0.39 is 24.5 Å². The van der Waals surface area contributed by atoms with Crippen molar-refractivity contribution in [1.29, 1.82) is 0 Å². The highest BCUT2D eigenvalue weighted by atomic mass is 35.5. The van der Waals surface area contributed by atoms with E-state index in [4.69, 9.17) is 21.1 Å². The number of ether oxygens (including phenoxy) is 2. The zero-order valence-corrected chi connectivity index (χ0v) is 19.5. The first-order chi connectivity index (χ1) is 15.2. The molecule has 1 N–H and O–H groups in total. The number of benzene rings is 2. The smallest absolute Gasteiger partial charge is 0.329 e. The number of rotatable bonds is 10. The van der Waals surface area contributed by atoms with E-state index in [9.17, 15) is 14.4 Å². The second-order valence-electron chi connectivity index (χ2n) is 7.61. The lowest BCUT2D eigenvalue weighted by molar-refractivity contribution is -0.154. The lowest BCUT2D eigenvalue weighted by Crippen LogP contribution is -2.46. The number of halogens is 1. The molecule has 0 fully saturated rings. The Hall–Kier alpha value is -3.06. The minimum Gasteiger partial charge on any atom is -0.494 e. The van der Waals surface area contributed by atoms with Crippen LogP contribution >= 0.6 is 11.6 Å². The molecule has 2 aromatic carbocycles. The van der Waals surface area contributed by atoms with Crippen LogP contribution in [0, 0.1) is 5.92 Å². The van der Waals surface area contributed by atoms with Crippen molar-refractivity contribution in [3.05, 3.63) is 64.7 Å². The van der Waals surface area contributed by atoms with Gasteiger partial charge in [0.1, 0.15) is 11.8 Å². The highest BCUT2D eigenvalue weighted by molar-refractivity contribution is 6.33. The molecule has 1 unspecified atom stereocenters. The molecule has 2 amide bonds. The monoisotopic (exact) mass is 460 g/mol. The zero-order chi connectivity index (χ0) is 23.7. The van der Waals surface area contributed by atoms with E-state index in [0.717, 1.165) is 11.3 Å². The van der Waals surface area contributed by atoms with Gasteiger partial charge in [-0.15, -0.1) is 0 Å². The molecule has 0 aliphatic rings. The Morgan fingerprint density at radius 1 is 1.06 bits per heavy atom. The predicted molar refractivity (Wildman–Crippen MR) is 123 cm³/mol. The highest BCUT2D eigenvalue weighted by Gasteiger charge is 2.27. The van der Waals surface area contributed by atoms with E-state index in [-0.39, 0.29) is 22.4 Å². The van der Waals surface area contributed by atoms with Gasteiger partial charge in [0.25, 0.3) is 11.8 Å². The van der Waals surface area contributed by atoms with Crippen molar-refractivity contribution in [2.24, 2.45) is 5.92 Å². The van der Waals surface area contributed by atoms with Gasteiger partial charge in [-0.1, -0.05) is 49.7 Å². The predicted octanol–water partition coefficient (Wildman–Crippen LogP) is 3.69. The van der Waals surface area contributed by atoms with Crippen LogP contribution in [0.15, 0.2) is 48.5 Å². The summed E-state index contributed by atoms with van der Waals surface area (Å²) in [4.78, 5) is 39.0. The van der Waals surface area contributed by atoms with Crippen molar-refractivity contribution in [3.8, 4) is 5.75 Å². The number of carbonyl (C=O) groups is 3. The summed E-state index contributed by atoms with van der Waals surface area (Å²) in [5, 5.41) is 2.93. The van der Waals surface area contributed by atoms with Crippen LogP contribution in [-0.2, 0) is 20.9 Å². The number of esters is 1. The van der Waals surface area contributed by atoms with Gasteiger partial charge >= 0.3 is 5.97 Å². The van der Waals surface area contributed by atoms with Crippen LogP contribution < -0.4 is 10.1 Å². The first kappa shape index (κ1) is 25.2. The molecule has 0 aliphatic heterocycles. The second-order valence-corrected chi connectivity index (χ2v) is 8.02. The van der Waals surface area contributed by atoms with Gasteiger partial charge in [-0.3, -0.25) is 9.59 Å². The summed E-state index contributed by atoms with van der Waals surface area (Å²) in [6.45, 7) is 5.99. The average molecular weight is 461 g/mol. The Morgan fingerprint density at radius 3 is 2.31 bits per heavy atom. The molecule has 0 radical (unpaired) electrons. The van der Waals surface area contributed by atoms with Crippen LogP contribution in [0.2, 0.25) is 5.02 Å². The molecule has 172 valence electrons. The maximum atomic E-state index is 12.6.